The molecule has 0 saturated carbocycles. The second-order valence-electron chi connectivity index (χ2n) is 7.27. The minimum absolute atomic E-state index is 0.0289. The molecule has 0 spiro atoms. The van der Waals surface area contributed by atoms with Crippen LogP contribution in [0, 0.1) is 5.92 Å². The van der Waals surface area contributed by atoms with E-state index in [2.05, 4.69) is 28.7 Å². The van der Waals surface area contributed by atoms with Gasteiger partial charge in [0.25, 0.3) is 5.91 Å². The fourth-order valence-corrected chi connectivity index (χ4v) is 3.16. The zero-order chi connectivity index (χ0) is 20.1. The number of hydrogen-bond donors (Lipinski definition) is 1. The predicted octanol–water partition coefficient (Wildman–Crippen LogP) is 5.00. The highest BCUT2D eigenvalue weighted by Crippen LogP contribution is 2.25. The molecule has 1 amide bonds. The van der Waals surface area contributed by atoms with Crippen molar-refractivity contribution >= 4 is 28.9 Å². The fraction of sp³-hybridized carbons (Fsp3) is 0.273. The molecule has 2 aromatic carbocycles. The highest BCUT2D eigenvalue weighted by molar-refractivity contribution is 6.30. The molecule has 3 rings (SSSR count). The quantitative estimate of drug-likeness (QED) is 0.611. The molecule has 1 heterocycles. The number of benzene rings is 2. The Hall–Kier alpha value is -2.79. The van der Waals surface area contributed by atoms with Gasteiger partial charge in [0, 0.05) is 41.8 Å². The van der Waals surface area contributed by atoms with E-state index < -0.39 is 0 Å². The van der Waals surface area contributed by atoms with Crippen molar-refractivity contribution in [2.75, 3.05) is 23.4 Å². The van der Waals surface area contributed by atoms with Crippen LogP contribution in [0.4, 0.5) is 11.4 Å². The standard InChI is InChI=1S/C22H25ClN4O/c1-16(2)13-27(22(28)17-7-9-18(23)10-8-17)21-6-4-5-20(11-21)26(3)14-19-12-24-15-25-19/h4-12,15-16H,13-14H2,1-3H3,(H,24,25). The third-order valence-corrected chi connectivity index (χ3v) is 4.68. The summed E-state index contributed by atoms with van der Waals surface area (Å²) in [4.78, 5) is 24.3. The van der Waals surface area contributed by atoms with Gasteiger partial charge >= 0.3 is 0 Å². The summed E-state index contributed by atoms with van der Waals surface area (Å²) in [5.41, 5.74) is 3.57. The molecule has 1 aromatic heterocycles. The molecule has 0 atom stereocenters. The number of rotatable bonds is 7. The molecule has 0 unspecified atom stereocenters. The molecular formula is C22H25ClN4O. The van der Waals surface area contributed by atoms with Gasteiger partial charge in [0.15, 0.2) is 0 Å². The number of carbonyl (C=O) groups is 1. The summed E-state index contributed by atoms with van der Waals surface area (Å²) in [5, 5.41) is 0.620. The second-order valence-corrected chi connectivity index (χ2v) is 7.71. The summed E-state index contributed by atoms with van der Waals surface area (Å²) in [5.74, 6) is 0.307. The molecular weight excluding hydrogens is 372 g/mol. The van der Waals surface area contributed by atoms with Gasteiger partial charge in [0.2, 0.25) is 0 Å². The topological polar surface area (TPSA) is 52.2 Å². The first kappa shape index (κ1) is 20.0. The van der Waals surface area contributed by atoms with E-state index in [9.17, 15) is 4.79 Å². The zero-order valence-corrected chi connectivity index (χ0v) is 17.1. The molecule has 6 heteroatoms. The van der Waals surface area contributed by atoms with Gasteiger partial charge < -0.3 is 14.8 Å². The molecule has 0 fully saturated rings. The average molecular weight is 397 g/mol. The van der Waals surface area contributed by atoms with Gasteiger partial charge in [-0.2, -0.15) is 0 Å². The molecule has 5 nitrogen and oxygen atoms in total. The SMILES string of the molecule is CC(C)CN(C(=O)c1ccc(Cl)cc1)c1cccc(N(C)Cc2cnc[nH]2)c1. The molecule has 0 aliphatic rings. The van der Waals surface area contributed by atoms with Crippen molar-refractivity contribution < 1.29 is 4.79 Å². The Morgan fingerprint density at radius 2 is 1.86 bits per heavy atom. The molecule has 1 N–H and O–H groups in total. The first-order valence-corrected chi connectivity index (χ1v) is 9.67. The third-order valence-electron chi connectivity index (χ3n) is 4.43. The number of nitrogens with one attached hydrogen (secondary N) is 1. The third kappa shape index (κ3) is 4.93. The number of aromatic amines is 1. The van der Waals surface area contributed by atoms with Gasteiger partial charge in [-0.05, 0) is 48.4 Å². The van der Waals surface area contributed by atoms with Crippen LogP contribution in [0.1, 0.15) is 29.9 Å². The Labute approximate surface area is 171 Å². The molecule has 0 saturated heterocycles. The van der Waals surface area contributed by atoms with E-state index in [-0.39, 0.29) is 5.91 Å². The summed E-state index contributed by atoms with van der Waals surface area (Å²) < 4.78 is 0. The van der Waals surface area contributed by atoms with Crippen molar-refractivity contribution in [3.05, 3.63) is 77.3 Å². The summed E-state index contributed by atoms with van der Waals surface area (Å²) in [6.07, 6.45) is 3.49. The van der Waals surface area contributed by atoms with Crippen molar-refractivity contribution in [3.63, 3.8) is 0 Å². The predicted molar refractivity (Wildman–Crippen MR) is 115 cm³/mol. The van der Waals surface area contributed by atoms with Crippen LogP contribution in [0.2, 0.25) is 5.02 Å². The lowest BCUT2D eigenvalue weighted by atomic mass is 10.1. The molecule has 3 aromatic rings. The normalized spacial score (nSPS) is 10.9. The van der Waals surface area contributed by atoms with E-state index in [1.165, 1.54) is 0 Å². The van der Waals surface area contributed by atoms with Gasteiger partial charge in [-0.1, -0.05) is 31.5 Å². The van der Waals surface area contributed by atoms with E-state index >= 15 is 0 Å². The van der Waals surface area contributed by atoms with Crippen LogP contribution >= 0.6 is 11.6 Å². The largest absolute Gasteiger partial charge is 0.369 e. The number of anilines is 2. The Bertz CT molecular complexity index is 907. The van der Waals surface area contributed by atoms with Crippen molar-refractivity contribution in [1.29, 1.82) is 0 Å². The Morgan fingerprint density at radius 1 is 1.14 bits per heavy atom. The Balaban J connectivity index is 1.87. The lowest BCUT2D eigenvalue weighted by Gasteiger charge is -2.27. The molecule has 0 radical (unpaired) electrons. The number of amides is 1. The maximum absolute atomic E-state index is 13.2. The number of nitrogens with zero attached hydrogens (tertiary/aromatic N) is 3. The maximum atomic E-state index is 13.2. The first-order chi connectivity index (χ1) is 13.4. The summed E-state index contributed by atoms with van der Waals surface area (Å²) >= 11 is 5.97. The smallest absolute Gasteiger partial charge is 0.258 e. The van der Waals surface area contributed by atoms with Crippen molar-refractivity contribution in [2.24, 2.45) is 5.92 Å². The summed E-state index contributed by atoms with van der Waals surface area (Å²) in [6, 6.07) is 15.1. The Kier molecular flexibility index (Phi) is 6.37. The lowest BCUT2D eigenvalue weighted by Crippen LogP contribution is -2.34. The average Bonchev–Trinajstić information content (AvgIpc) is 3.19. The van der Waals surface area contributed by atoms with E-state index in [1.54, 1.807) is 30.6 Å². The minimum Gasteiger partial charge on any atom is -0.369 e. The fourth-order valence-electron chi connectivity index (χ4n) is 3.04. The van der Waals surface area contributed by atoms with Gasteiger partial charge in [-0.3, -0.25) is 4.79 Å². The number of hydrogen-bond acceptors (Lipinski definition) is 3. The van der Waals surface area contributed by atoms with Crippen molar-refractivity contribution in [1.82, 2.24) is 9.97 Å². The van der Waals surface area contributed by atoms with Gasteiger partial charge in [0.1, 0.15) is 0 Å². The summed E-state index contributed by atoms with van der Waals surface area (Å²) in [6.45, 7) is 5.56. The van der Waals surface area contributed by atoms with Gasteiger partial charge in [0.05, 0.1) is 18.6 Å². The maximum Gasteiger partial charge on any atom is 0.258 e. The Morgan fingerprint density at radius 3 is 2.50 bits per heavy atom. The monoisotopic (exact) mass is 396 g/mol. The highest BCUT2D eigenvalue weighted by atomic mass is 35.5. The summed E-state index contributed by atoms with van der Waals surface area (Å²) in [7, 11) is 2.02. The molecule has 146 valence electrons. The van der Waals surface area contributed by atoms with Crippen molar-refractivity contribution in [2.45, 2.75) is 20.4 Å². The van der Waals surface area contributed by atoms with E-state index in [0.717, 1.165) is 17.1 Å². The van der Waals surface area contributed by atoms with E-state index in [1.807, 2.05) is 42.4 Å². The minimum atomic E-state index is -0.0289. The zero-order valence-electron chi connectivity index (χ0n) is 16.4. The first-order valence-electron chi connectivity index (χ1n) is 9.30. The van der Waals surface area contributed by atoms with Crippen LogP contribution in [0.5, 0.6) is 0 Å². The molecule has 0 bridgehead atoms. The van der Waals surface area contributed by atoms with Crippen LogP contribution in [0.3, 0.4) is 0 Å². The number of carbonyl (C=O) groups excluding carboxylic acids is 1. The van der Waals surface area contributed by atoms with Gasteiger partial charge in [-0.25, -0.2) is 4.98 Å². The number of aromatic nitrogens is 2. The number of imidazole rings is 1. The van der Waals surface area contributed by atoms with Crippen molar-refractivity contribution in [3.8, 4) is 0 Å². The molecule has 0 aliphatic carbocycles. The van der Waals surface area contributed by atoms with E-state index in [0.29, 0.717) is 29.6 Å². The molecule has 28 heavy (non-hydrogen) atoms. The number of halogens is 1. The van der Waals surface area contributed by atoms with Gasteiger partial charge in [-0.15, -0.1) is 0 Å². The number of H-pyrrole nitrogens is 1. The van der Waals surface area contributed by atoms with Crippen LogP contribution in [-0.4, -0.2) is 29.5 Å². The second kappa shape index (κ2) is 8.93. The lowest BCUT2D eigenvalue weighted by molar-refractivity contribution is 0.0984. The molecule has 0 aliphatic heterocycles. The highest BCUT2D eigenvalue weighted by Gasteiger charge is 2.19. The van der Waals surface area contributed by atoms with Crippen LogP contribution in [-0.2, 0) is 6.54 Å². The van der Waals surface area contributed by atoms with E-state index in [4.69, 9.17) is 11.6 Å². The van der Waals surface area contributed by atoms with Crippen LogP contribution < -0.4 is 9.80 Å². The van der Waals surface area contributed by atoms with Crippen LogP contribution in [0.25, 0.3) is 0 Å². The van der Waals surface area contributed by atoms with Crippen LogP contribution in [0.15, 0.2) is 61.1 Å².